The maximum Gasteiger partial charge on any atom is 0.261 e. The van der Waals surface area contributed by atoms with Crippen molar-refractivity contribution in [3.8, 4) is 11.5 Å². The van der Waals surface area contributed by atoms with Gasteiger partial charge in [-0.3, -0.25) is 9.36 Å². The summed E-state index contributed by atoms with van der Waals surface area (Å²) in [6, 6.07) is 5.47. The largest absolute Gasteiger partial charge is 0.366 e. The standard InChI is InChI=1S/C18H22N2O3Si/c1-24(2,3)11-7-13-4-5-14-15(12-13)19-16-6-8-18(22,23)9-10-20(16)17(14)21/h4-5,12,22-23H,6,8-10H2,1-3H3. The van der Waals surface area contributed by atoms with Crippen molar-refractivity contribution in [2.45, 2.75) is 51.2 Å². The summed E-state index contributed by atoms with van der Waals surface area (Å²) in [7, 11) is -1.47. The highest BCUT2D eigenvalue weighted by atomic mass is 28.3. The minimum absolute atomic E-state index is 0.127. The molecule has 1 aromatic heterocycles. The third kappa shape index (κ3) is 3.59. The van der Waals surface area contributed by atoms with Crippen LogP contribution in [0.2, 0.25) is 19.6 Å². The van der Waals surface area contributed by atoms with Crippen LogP contribution in [-0.2, 0) is 13.0 Å². The summed E-state index contributed by atoms with van der Waals surface area (Å²) in [6.07, 6.45) is 0.677. The molecule has 0 aliphatic carbocycles. The van der Waals surface area contributed by atoms with E-state index in [0.717, 1.165) is 5.56 Å². The van der Waals surface area contributed by atoms with E-state index in [4.69, 9.17) is 0 Å². The zero-order chi connectivity index (χ0) is 17.5. The Morgan fingerprint density at radius 3 is 2.71 bits per heavy atom. The van der Waals surface area contributed by atoms with Gasteiger partial charge < -0.3 is 10.2 Å². The quantitative estimate of drug-likeness (QED) is 0.434. The van der Waals surface area contributed by atoms with Gasteiger partial charge in [-0.15, -0.1) is 5.54 Å². The van der Waals surface area contributed by atoms with Crippen LogP contribution in [0.15, 0.2) is 23.0 Å². The van der Waals surface area contributed by atoms with E-state index in [1.54, 1.807) is 10.6 Å². The molecule has 1 aromatic carbocycles. The molecular weight excluding hydrogens is 320 g/mol. The van der Waals surface area contributed by atoms with Gasteiger partial charge in [-0.05, 0) is 18.2 Å². The second-order valence-corrected chi connectivity index (χ2v) is 12.2. The van der Waals surface area contributed by atoms with Crippen LogP contribution in [0.4, 0.5) is 0 Å². The van der Waals surface area contributed by atoms with Gasteiger partial charge in [0.25, 0.3) is 5.56 Å². The van der Waals surface area contributed by atoms with Crippen LogP contribution in [0.25, 0.3) is 10.9 Å². The summed E-state index contributed by atoms with van der Waals surface area (Å²) >= 11 is 0. The number of aliphatic hydroxyl groups is 2. The van der Waals surface area contributed by atoms with Crippen LogP contribution in [0, 0.1) is 11.5 Å². The van der Waals surface area contributed by atoms with Crippen LogP contribution in [-0.4, -0.2) is 33.6 Å². The predicted molar refractivity (Wildman–Crippen MR) is 96.3 cm³/mol. The van der Waals surface area contributed by atoms with Gasteiger partial charge in [0.2, 0.25) is 0 Å². The molecular formula is C18H22N2O3Si. The molecule has 6 heteroatoms. The third-order valence-electron chi connectivity index (χ3n) is 4.10. The first kappa shape index (κ1) is 16.9. The first-order valence-electron chi connectivity index (χ1n) is 8.16. The van der Waals surface area contributed by atoms with Crippen molar-refractivity contribution in [2.24, 2.45) is 0 Å². The first-order chi connectivity index (χ1) is 11.1. The first-order valence-corrected chi connectivity index (χ1v) is 11.7. The van der Waals surface area contributed by atoms with Crippen LogP contribution in [0.5, 0.6) is 0 Å². The second-order valence-electron chi connectivity index (χ2n) is 7.45. The molecule has 2 aromatic rings. The number of rotatable bonds is 0. The van der Waals surface area contributed by atoms with Gasteiger partial charge >= 0.3 is 0 Å². The molecule has 0 saturated carbocycles. The zero-order valence-corrected chi connectivity index (χ0v) is 15.3. The van der Waals surface area contributed by atoms with Gasteiger partial charge in [-0.25, -0.2) is 4.98 Å². The summed E-state index contributed by atoms with van der Waals surface area (Å²) < 4.78 is 1.56. The average molecular weight is 342 g/mol. The average Bonchev–Trinajstić information content (AvgIpc) is 2.64. The number of aryl methyl sites for hydroxylation is 1. The van der Waals surface area contributed by atoms with Gasteiger partial charge in [0.15, 0.2) is 5.79 Å². The van der Waals surface area contributed by atoms with E-state index < -0.39 is 13.9 Å². The number of benzene rings is 1. The third-order valence-corrected chi connectivity index (χ3v) is 4.98. The van der Waals surface area contributed by atoms with Crippen LogP contribution in [0.3, 0.4) is 0 Å². The molecule has 2 N–H and O–H groups in total. The van der Waals surface area contributed by atoms with E-state index in [0.29, 0.717) is 23.1 Å². The van der Waals surface area contributed by atoms with E-state index in [9.17, 15) is 15.0 Å². The van der Waals surface area contributed by atoms with E-state index in [1.165, 1.54) is 0 Å². The molecule has 0 atom stereocenters. The SMILES string of the molecule is C[Si](C)(C)C#Cc1ccc2c(=O)n3c(nc2c1)CCC(O)(O)CC3. The molecule has 5 nitrogen and oxygen atoms in total. The Morgan fingerprint density at radius 1 is 1.25 bits per heavy atom. The van der Waals surface area contributed by atoms with Crippen molar-refractivity contribution in [1.29, 1.82) is 0 Å². The number of fused-ring (bicyclic) bond motifs is 2. The van der Waals surface area contributed by atoms with Crippen molar-refractivity contribution in [1.82, 2.24) is 9.55 Å². The summed E-state index contributed by atoms with van der Waals surface area (Å²) in [5.74, 6) is 2.05. The molecule has 1 aliphatic heterocycles. The predicted octanol–water partition coefficient (Wildman–Crippen LogP) is 1.64. The zero-order valence-electron chi connectivity index (χ0n) is 14.3. The Labute approximate surface area is 142 Å². The molecule has 0 saturated heterocycles. The Kier molecular flexibility index (Phi) is 4.12. The Bertz CT molecular complexity index is 914. The second kappa shape index (κ2) is 5.85. The van der Waals surface area contributed by atoms with Gasteiger partial charge in [-0.1, -0.05) is 25.6 Å². The smallest absolute Gasteiger partial charge is 0.261 e. The normalized spacial score (nSPS) is 16.9. The highest BCUT2D eigenvalue weighted by Gasteiger charge is 2.28. The van der Waals surface area contributed by atoms with Crippen molar-refractivity contribution >= 4 is 19.0 Å². The molecule has 2 heterocycles. The Hall–Kier alpha value is -1.94. The molecule has 0 unspecified atom stereocenters. The van der Waals surface area contributed by atoms with E-state index in [-0.39, 0.29) is 24.9 Å². The van der Waals surface area contributed by atoms with Gasteiger partial charge in [-0.2, -0.15) is 0 Å². The van der Waals surface area contributed by atoms with E-state index in [1.807, 2.05) is 12.1 Å². The lowest BCUT2D eigenvalue weighted by Crippen LogP contribution is -2.29. The number of hydrogen-bond acceptors (Lipinski definition) is 4. The molecule has 0 amide bonds. The summed E-state index contributed by atoms with van der Waals surface area (Å²) in [4.78, 5) is 17.3. The fraction of sp³-hybridized carbons (Fsp3) is 0.444. The molecule has 126 valence electrons. The number of nitrogens with zero attached hydrogens (tertiary/aromatic N) is 2. The summed E-state index contributed by atoms with van der Waals surface area (Å²) in [6.45, 7) is 6.81. The van der Waals surface area contributed by atoms with Crippen molar-refractivity contribution in [2.75, 3.05) is 0 Å². The van der Waals surface area contributed by atoms with Gasteiger partial charge in [0.1, 0.15) is 13.9 Å². The molecule has 1 aliphatic rings. The van der Waals surface area contributed by atoms with Gasteiger partial charge in [0, 0.05) is 31.4 Å². The fourth-order valence-corrected chi connectivity index (χ4v) is 3.27. The lowest BCUT2D eigenvalue weighted by Gasteiger charge is -2.17. The van der Waals surface area contributed by atoms with E-state index in [2.05, 4.69) is 36.1 Å². The Balaban J connectivity index is 2.09. The highest BCUT2D eigenvalue weighted by Crippen LogP contribution is 2.21. The molecule has 3 rings (SSSR count). The maximum atomic E-state index is 12.7. The minimum atomic E-state index is -1.74. The van der Waals surface area contributed by atoms with Crippen molar-refractivity contribution in [3.63, 3.8) is 0 Å². The molecule has 0 fully saturated rings. The van der Waals surface area contributed by atoms with Crippen LogP contribution < -0.4 is 5.56 Å². The lowest BCUT2D eigenvalue weighted by atomic mass is 10.1. The molecule has 0 radical (unpaired) electrons. The molecule has 24 heavy (non-hydrogen) atoms. The lowest BCUT2D eigenvalue weighted by molar-refractivity contribution is -0.169. The molecule has 0 spiro atoms. The number of aromatic nitrogens is 2. The number of hydrogen-bond donors (Lipinski definition) is 2. The van der Waals surface area contributed by atoms with E-state index >= 15 is 0 Å². The topological polar surface area (TPSA) is 75.4 Å². The molecule has 0 bridgehead atoms. The maximum absolute atomic E-state index is 12.7. The highest BCUT2D eigenvalue weighted by molar-refractivity contribution is 6.83. The van der Waals surface area contributed by atoms with Crippen molar-refractivity contribution < 1.29 is 10.2 Å². The van der Waals surface area contributed by atoms with Crippen molar-refractivity contribution in [3.05, 3.63) is 39.9 Å². The van der Waals surface area contributed by atoms with Crippen LogP contribution >= 0.6 is 0 Å². The summed E-state index contributed by atoms with van der Waals surface area (Å²) in [5.41, 5.74) is 4.66. The fourth-order valence-electron chi connectivity index (χ4n) is 2.75. The monoisotopic (exact) mass is 342 g/mol. The summed E-state index contributed by atoms with van der Waals surface area (Å²) in [5, 5.41) is 20.2. The van der Waals surface area contributed by atoms with Gasteiger partial charge in [0.05, 0.1) is 10.9 Å². The minimum Gasteiger partial charge on any atom is -0.366 e. The Morgan fingerprint density at radius 2 is 2.00 bits per heavy atom. The van der Waals surface area contributed by atoms with Crippen LogP contribution in [0.1, 0.15) is 24.2 Å².